The molecule has 10 heteroatoms. The molecule has 0 aliphatic heterocycles. The van der Waals surface area contributed by atoms with Gasteiger partial charge in [0.05, 0.1) is 27.7 Å². The zero-order chi connectivity index (χ0) is 42.8. The molecule has 2 unspecified atom stereocenters. The molecule has 344 valence electrons. The van der Waals surface area contributed by atoms with Crippen LogP contribution in [0.5, 0.6) is 0 Å². The van der Waals surface area contributed by atoms with Crippen LogP contribution in [0.4, 0.5) is 0 Å². The van der Waals surface area contributed by atoms with Gasteiger partial charge in [-0.05, 0) is 38.5 Å². The van der Waals surface area contributed by atoms with E-state index < -0.39 is 26.5 Å². The van der Waals surface area contributed by atoms with Gasteiger partial charge in [0.25, 0.3) is 0 Å². The Labute approximate surface area is 358 Å². The lowest BCUT2D eigenvalue weighted by atomic mass is 10.0. The van der Waals surface area contributed by atoms with Gasteiger partial charge in [0.2, 0.25) is 0 Å². The number of allylic oxidation sites excluding steroid dienone is 2. The topological polar surface area (TPSA) is 108 Å². The maximum absolute atomic E-state index is 12.7. The highest BCUT2D eigenvalue weighted by Crippen LogP contribution is 2.43. The fourth-order valence-electron chi connectivity index (χ4n) is 6.95. The van der Waals surface area contributed by atoms with Gasteiger partial charge >= 0.3 is 19.8 Å². The van der Waals surface area contributed by atoms with Crippen LogP contribution in [0.2, 0.25) is 0 Å². The summed E-state index contributed by atoms with van der Waals surface area (Å²) >= 11 is 0. The lowest BCUT2D eigenvalue weighted by molar-refractivity contribution is -0.870. The van der Waals surface area contributed by atoms with Gasteiger partial charge in [-0.2, -0.15) is 0 Å². The molecule has 1 N–H and O–H groups in total. The maximum atomic E-state index is 12.7. The molecular formula is C48H95NO8P+. The Morgan fingerprint density at radius 3 is 1.29 bits per heavy atom. The van der Waals surface area contributed by atoms with Crippen LogP contribution in [-0.4, -0.2) is 74.9 Å². The van der Waals surface area contributed by atoms with E-state index in [1.807, 2.05) is 21.1 Å². The Kier molecular flexibility index (Phi) is 40.2. The quantitative estimate of drug-likeness (QED) is 0.0212. The molecule has 0 spiro atoms. The van der Waals surface area contributed by atoms with Crippen LogP contribution < -0.4 is 0 Å². The van der Waals surface area contributed by atoms with E-state index in [0.717, 1.165) is 51.4 Å². The molecular weight excluding hydrogens is 750 g/mol. The van der Waals surface area contributed by atoms with Gasteiger partial charge in [-0.1, -0.05) is 193 Å². The average Bonchev–Trinajstić information content (AvgIpc) is 3.17. The van der Waals surface area contributed by atoms with Gasteiger partial charge in [0.15, 0.2) is 6.10 Å². The minimum absolute atomic E-state index is 0.0333. The summed E-state index contributed by atoms with van der Waals surface area (Å²) in [6.45, 7) is 4.43. The molecule has 0 saturated carbocycles. The fraction of sp³-hybridized carbons (Fsp3) is 0.917. The van der Waals surface area contributed by atoms with Gasteiger partial charge in [-0.3, -0.25) is 18.6 Å². The Balaban J connectivity index is 4.20. The van der Waals surface area contributed by atoms with Gasteiger partial charge in [-0.15, -0.1) is 0 Å². The van der Waals surface area contributed by atoms with Crippen molar-refractivity contribution in [2.24, 2.45) is 0 Å². The third kappa shape index (κ3) is 44.3. The van der Waals surface area contributed by atoms with Crippen molar-refractivity contribution in [3.05, 3.63) is 12.2 Å². The van der Waals surface area contributed by atoms with E-state index in [1.165, 1.54) is 148 Å². The Hall–Kier alpha value is -1.25. The minimum atomic E-state index is -4.37. The molecule has 0 aromatic carbocycles. The highest BCUT2D eigenvalue weighted by Gasteiger charge is 2.27. The number of unbranched alkanes of at least 4 members (excludes halogenated alkanes) is 29. The molecule has 9 nitrogen and oxygen atoms in total. The molecule has 0 amide bonds. The van der Waals surface area contributed by atoms with Crippen molar-refractivity contribution in [3.63, 3.8) is 0 Å². The molecule has 58 heavy (non-hydrogen) atoms. The number of esters is 2. The summed E-state index contributed by atoms with van der Waals surface area (Å²) in [7, 11) is 1.48. The van der Waals surface area contributed by atoms with Crippen LogP contribution in [0.15, 0.2) is 12.2 Å². The van der Waals surface area contributed by atoms with Crippen LogP contribution >= 0.6 is 7.82 Å². The van der Waals surface area contributed by atoms with Crippen LogP contribution in [-0.2, 0) is 32.7 Å². The van der Waals surface area contributed by atoms with Crippen molar-refractivity contribution < 1.29 is 42.1 Å². The summed E-state index contributed by atoms with van der Waals surface area (Å²) in [5.74, 6) is -0.796. The van der Waals surface area contributed by atoms with Crippen molar-refractivity contribution in [3.8, 4) is 0 Å². The number of phosphoric acid groups is 1. The highest BCUT2D eigenvalue weighted by atomic mass is 31.2. The third-order valence-corrected chi connectivity index (χ3v) is 11.8. The molecule has 0 radical (unpaired) electrons. The second-order valence-corrected chi connectivity index (χ2v) is 19.3. The van der Waals surface area contributed by atoms with Crippen LogP contribution in [0, 0.1) is 0 Å². The number of likely N-dealkylation sites (N-methyl/N-ethyl adjacent to an activating group) is 1. The zero-order valence-electron chi connectivity index (χ0n) is 38.8. The summed E-state index contributed by atoms with van der Waals surface area (Å²) in [5, 5.41) is 0. The highest BCUT2D eigenvalue weighted by molar-refractivity contribution is 7.47. The largest absolute Gasteiger partial charge is 0.472 e. The zero-order valence-corrected chi connectivity index (χ0v) is 39.7. The summed E-state index contributed by atoms with van der Waals surface area (Å²) in [4.78, 5) is 35.4. The number of phosphoric ester groups is 1. The standard InChI is InChI=1S/C48H94NO8P/c1-6-8-10-12-14-16-18-20-21-22-23-24-25-26-27-29-30-32-34-36-38-40-47(50)54-44-46(45-56-58(52,53)55-43-42-49(3,4)5)57-48(51)41-39-37-35-33-31-28-19-17-15-13-11-9-7-2/h17,19,46H,6-16,18,20-45H2,1-5H3/p+1/b19-17-. The Bertz CT molecular complexity index is 1000. The molecule has 2 atom stereocenters. The van der Waals surface area contributed by atoms with Gasteiger partial charge in [0, 0.05) is 12.8 Å². The van der Waals surface area contributed by atoms with E-state index in [-0.39, 0.29) is 25.6 Å². The van der Waals surface area contributed by atoms with E-state index in [9.17, 15) is 19.0 Å². The molecule has 0 heterocycles. The maximum Gasteiger partial charge on any atom is 0.472 e. The number of hydrogen-bond donors (Lipinski definition) is 1. The minimum Gasteiger partial charge on any atom is -0.462 e. The van der Waals surface area contributed by atoms with Crippen molar-refractivity contribution >= 4 is 19.8 Å². The normalized spacial score (nSPS) is 13.6. The van der Waals surface area contributed by atoms with Crippen molar-refractivity contribution in [1.29, 1.82) is 0 Å². The second-order valence-electron chi connectivity index (χ2n) is 17.9. The summed E-state index contributed by atoms with van der Waals surface area (Å²) in [5.41, 5.74) is 0. The summed E-state index contributed by atoms with van der Waals surface area (Å²) < 4.78 is 34.4. The third-order valence-electron chi connectivity index (χ3n) is 10.8. The first-order valence-electron chi connectivity index (χ1n) is 24.4. The molecule has 0 aliphatic carbocycles. The van der Waals surface area contributed by atoms with E-state index >= 15 is 0 Å². The molecule has 0 aliphatic rings. The van der Waals surface area contributed by atoms with Gasteiger partial charge < -0.3 is 18.9 Å². The van der Waals surface area contributed by atoms with Gasteiger partial charge in [0.1, 0.15) is 19.8 Å². The number of ether oxygens (including phenoxy) is 2. The van der Waals surface area contributed by atoms with E-state index in [0.29, 0.717) is 23.9 Å². The van der Waals surface area contributed by atoms with Gasteiger partial charge in [-0.25, -0.2) is 4.57 Å². The molecule has 0 saturated heterocycles. The fourth-order valence-corrected chi connectivity index (χ4v) is 7.69. The molecule has 0 bridgehead atoms. The smallest absolute Gasteiger partial charge is 0.462 e. The van der Waals surface area contributed by atoms with Crippen LogP contribution in [0.3, 0.4) is 0 Å². The molecule has 0 fully saturated rings. The SMILES string of the molecule is CCCCCC/C=C\CCCCCCCC(=O)OC(COC(=O)CCCCCCCCCCCCCCCCCCCCCCC)COP(=O)(O)OCC[N+](C)(C)C. The van der Waals surface area contributed by atoms with Crippen LogP contribution in [0.1, 0.15) is 232 Å². The molecule has 0 rings (SSSR count). The predicted molar refractivity (Wildman–Crippen MR) is 243 cm³/mol. The summed E-state index contributed by atoms with van der Waals surface area (Å²) in [6, 6.07) is 0. The number of carbonyl (C=O) groups excluding carboxylic acids is 2. The van der Waals surface area contributed by atoms with E-state index in [1.54, 1.807) is 0 Å². The monoisotopic (exact) mass is 845 g/mol. The van der Waals surface area contributed by atoms with Crippen molar-refractivity contribution in [2.45, 2.75) is 238 Å². The lowest BCUT2D eigenvalue weighted by Crippen LogP contribution is -2.37. The second kappa shape index (κ2) is 41.1. The van der Waals surface area contributed by atoms with E-state index in [4.69, 9.17) is 18.5 Å². The predicted octanol–water partition coefficient (Wildman–Crippen LogP) is 14.1. The Morgan fingerprint density at radius 1 is 0.517 bits per heavy atom. The first-order chi connectivity index (χ1) is 28.0. The average molecular weight is 845 g/mol. The number of rotatable bonds is 45. The summed E-state index contributed by atoms with van der Waals surface area (Å²) in [6.07, 6.45) is 44.1. The Morgan fingerprint density at radius 2 is 0.879 bits per heavy atom. The number of nitrogens with zero attached hydrogens (tertiary/aromatic N) is 1. The van der Waals surface area contributed by atoms with Crippen molar-refractivity contribution in [1.82, 2.24) is 0 Å². The molecule has 0 aromatic rings. The first-order valence-corrected chi connectivity index (χ1v) is 25.9. The lowest BCUT2D eigenvalue weighted by Gasteiger charge is -2.24. The van der Waals surface area contributed by atoms with Crippen LogP contribution in [0.25, 0.3) is 0 Å². The van der Waals surface area contributed by atoms with E-state index in [2.05, 4.69) is 26.0 Å². The van der Waals surface area contributed by atoms with Crippen molar-refractivity contribution in [2.75, 3.05) is 47.5 Å². The number of quaternary nitrogens is 1. The number of carbonyl (C=O) groups is 2. The number of hydrogen-bond acceptors (Lipinski definition) is 7. The molecule has 0 aromatic heterocycles. The first kappa shape index (κ1) is 56.8.